The minimum atomic E-state index is -0.279. The largest absolute Gasteiger partial charge is 0.371 e. The van der Waals surface area contributed by atoms with E-state index in [9.17, 15) is 4.91 Å². The molecule has 4 nitrogen and oxygen atoms in total. The van der Waals surface area contributed by atoms with Crippen LogP contribution in [0.15, 0.2) is 5.18 Å². The molecule has 8 heavy (non-hydrogen) atoms. The van der Waals surface area contributed by atoms with E-state index in [1.54, 1.807) is 0 Å². The van der Waals surface area contributed by atoms with Crippen molar-refractivity contribution in [3.63, 3.8) is 0 Å². The smallest absolute Gasteiger partial charge is 0.143 e. The highest BCUT2D eigenvalue weighted by Gasteiger charge is 1.83. The van der Waals surface area contributed by atoms with E-state index in [1.165, 1.54) is 0 Å². The van der Waals surface area contributed by atoms with Gasteiger partial charge in [-0.1, -0.05) is 5.18 Å². The van der Waals surface area contributed by atoms with Crippen LogP contribution in [-0.2, 0) is 4.74 Å². The molecular formula is C4H9NO3. The standard InChI is InChI=1S/C4H9NO3/c6-4-8-3-1-2-5-7/h6H,1-4H2. The summed E-state index contributed by atoms with van der Waals surface area (Å²) in [5, 5.41) is 10.6. The summed E-state index contributed by atoms with van der Waals surface area (Å²) in [5.74, 6) is 0. The monoisotopic (exact) mass is 119 g/mol. The Kier molecular flexibility index (Phi) is 6.13. The molecule has 0 aliphatic rings. The number of aliphatic hydroxyl groups is 1. The maximum atomic E-state index is 9.40. The predicted octanol–water partition coefficient (Wildman–Crippen LogP) is 0.109. The first-order valence-electron chi connectivity index (χ1n) is 2.39. The number of hydrogen-bond donors (Lipinski definition) is 1. The Balaban J connectivity index is 2.62. The van der Waals surface area contributed by atoms with E-state index in [-0.39, 0.29) is 13.3 Å². The maximum absolute atomic E-state index is 9.40. The Bertz CT molecular complexity index is 57.2. The fourth-order valence-electron chi connectivity index (χ4n) is 0.296. The fourth-order valence-corrected chi connectivity index (χ4v) is 0.296. The third-order valence-corrected chi connectivity index (χ3v) is 0.629. The topological polar surface area (TPSA) is 58.9 Å². The molecule has 0 atom stereocenters. The van der Waals surface area contributed by atoms with E-state index in [2.05, 4.69) is 9.91 Å². The van der Waals surface area contributed by atoms with Crippen LogP contribution in [0.4, 0.5) is 0 Å². The van der Waals surface area contributed by atoms with Crippen molar-refractivity contribution in [3.05, 3.63) is 4.91 Å². The van der Waals surface area contributed by atoms with E-state index in [0.29, 0.717) is 13.0 Å². The lowest BCUT2D eigenvalue weighted by molar-refractivity contribution is -0.00147. The van der Waals surface area contributed by atoms with Gasteiger partial charge in [0.25, 0.3) is 0 Å². The molecule has 0 aliphatic carbocycles. The molecule has 0 bridgehead atoms. The molecule has 0 amide bonds. The van der Waals surface area contributed by atoms with Gasteiger partial charge in [-0.3, -0.25) is 0 Å². The Labute approximate surface area is 47.4 Å². The SMILES string of the molecule is O=NCCCOCO. The molecule has 4 heteroatoms. The number of hydrogen-bond acceptors (Lipinski definition) is 4. The van der Waals surface area contributed by atoms with Gasteiger partial charge < -0.3 is 9.84 Å². The van der Waals surface area contributed by atoms with Gasteiger partial charge in [-0.05, 0) is 6.42 Å². The van der Waals surface area contributed by atoms with Crippen LogP contribution >= 0.6 is 0 Å². The van der Waals surface area contributed by atoms with Crippen LogP contribution in [-0.4, -0.2) is 25.1 Å². The van der Waals surface area contributed by atoms with Gasteiger partial charge in [0, 0.05) is 0 Å². The highest BCUT2D eigenvalue weighted by Crippen LogP contribution is 1.80. The van der Waals surface area contributed by atoms with Crippen molar-refractivity contribution in [1.82, 2.24) is 0 Å². The molecule has 0 rings (SSSR count). The van der Waals surface area contributed by atoms with Crippen LogP contribution < -0.4 is 0 Å². The van der Waals surface area contributed by atoms with Crippen LogP contribution in [0, 0.1) is 4.91 Å². The number of rotatable bonds is 5. The summed E-state index contributed by atoms with van der Waals surface area (Å²) < 4.78 is 4.49. The van der Waals surface area contributed by atoms with Gasteiger partial charge in [-0.2, -0.15) is 4.91 Å². The lowest BCUT2D eigenvalue weighted by atomic mass is 10.5. The van der Waals surface area contributed by atoms with Crippen molar-refractivity contribution in [2.24, 2.45) is 5.18 Å². The van der Waals surface area contributed by atoms with Gasteiger partial charge in [0.05, 0.1) is 13.2 Å². The van der Waals surface area contributed by atoms with Crippen molar-refractivity contribution in [1.29, 1.82) is 0 Å². The van der Waals surface area contributed by atoms with Crippen molar-refractivity contribution >= 4 is 0 Å². The zero-order chi connectivity index (χ0) is 6.24. The van der Waals surface area contributed by atoms with Gasteiger partial charge in [-0.15, -0.1) is 0 Å². The second kappa shape index (κ2) is 6.52. The minimum Gasteiger partial charge on any atom is -0.371 e. The van der Waals surface area contributed by atoms with Crippen LogP contribution in [0.1, 0.15) is 6.42 Å². The highest BCUT2D eigenvalue weighted by atomic mass is 16.6. The zero-order valence-electron chi connectivity index (χ0n) is 4.54. The van der Waals surface area contributed by atoms with Crippen molar-refractivity contribution in [2.75, 3.05) is 19.9 Å². The van der Waals surface area contributed by atoms with Crippen LogP contribution in [0.25, 0.3) is 0 Å². The Hall–Kier alpha value is -0.480. The Morgan fingerprint density at radius 2 is 2.38 bits per heavy atom. The molecule has 48 valence electrons. The Morgan fingerprint density at radius 3 is 2.88 bits per heavy atom. The average Bonchev–Trinajstić information content (AvgIpc) is 1.81. The number of nitroso groups, excluding NO2 is 1. The summed E-state index contributed by atoms with van der Waals surface area (Å²) in [6, 6.07) is 0. The molecule has 0 radical (unpaired) electrons. The van der Waals surface area contributed by atoms with Crippen LogP contribution in [0.3, 0.4) is 0 Å². The number of nitrogens with zero attached hydrogens (tertiary/aromatic N) is 1. The molecule has 0 aromatic rings. The summed E-state index contributed by atoms with van der Waals surface area (Å²) in [4.78, 5) is 9.40. The van der Waals surface area contributed by atoms with Gasteiger partial charge in [-0.25, -0.2) is 0 Å². The van der Waals surface area contributed by atoms with Crippen molar-refractivity contribution in [3.8, 4) is 0 Å². The summed E-state index contributed by atoms with van der Waals surface area (Å²) in [6.45, 7) is 0.390. The van der Waals surface area contributed by atoms with E-state index in [0.717, 1.165) is 0 Å². The van der Waals surface area contributed by atoms with E-state index in [4.69, 9.17) is 5.11 Å². The fraction of sp³-hybridized carbons (Fsp3) is 1.00. The lowest BCUT2D eigenvalue weighted by Crippen LogP contribution is -1.96. The zero-order valence-corrected chi connectivity index (χ0v) is 4.54. The molecule has 0 unspecified atom stereocenters. The molecule has 1 N–H and O–H groups in total. The second-order valence-electron chi connectivity index (χ2n) is 1.24. The predicted molar refractivity (Wildman–Crippen MR) is 28.3 cm³/mol. The molecule has 0 saturated heterocycles. The molecule has 0 aliphatic heterocycles. The van der Waals surface area contributed by atoms with Gasteiger partial charge in [0.1, 0.15) is 6.79 Å². The summed E-state index contributed by atoms with van der Waals surface area (Å²) in [5.41, 5.74) is 0. The van der Waals surface area contributed by atoms with Crippen LogP contribution in [0.5, 0.6) is 0 Å². The van der Waals surface area contributed by atoms with E-state index < -0.39 is 0 Å². The molecule has 0 aromatic carbocycles. The third kappa shape index (κ3) is 5.52. The Morgan fingerprint density at radius 1 is 1.62 bits per heavy atom. The van der Waals surface area contributed by atoms with Gasteiger partial charge in [0.15, 0.2) is 0 Å². The number of aliphatic hydroxyl groups excluding tert-OH is 1. The molecule has 0 saturated carbocycles. The maximum Gasteiger partial charge on any atom is 0.143 e. The van der Waals surface area contributed by atoms with Crippen LogP contribution in [0.2, 0.25) is 0 Å². The first-order chi connectivity index (χ1) is 3.91. The highest BCUT2D eigenvalue weighted by molar-refractivity contribution is 4.38. The molecule has 0 fully saturated rings. The lowest BCUT2D eigenvalue weighted by Gasteiger charge is -1.93. The summed E-state index contributed by atoms with van der Waals surface area (Å²) in [7, 11) is 0. The molecule has 0 spiro atoms. The van der Waals surface area contributed by atoms with Crippen molar-refractivity contribution < 1.29 is 9.84 Å². The second-order valence-corrected chi connectivity index (χ2v) is 1.24. The van der Waals surface area contributed by atoms with E-state index in [1.807, 2.05) is 0 Å². The van der Waals surface area contributed by atoms with Crippen molar-refractivity contribution in [2.45, 2.75) is 6.42 Å². The molecule has 0 aromatic heterocycles. The first kappa shape index (κ1) is 7.52. The molecular weight excluding hydrogens is 110 g/mol. The summed E-state index contributed by atoms with van der Waals surface area (Å²) in [6.07, 6.45) is 0.587. The van der Waals surface area contributed by atoms with E-state index >= 15 is 0 Å². The van der Waals surface area contributed by atoms with Gasteiger partial charge in [0.2, 0.25) is 0 Å². The normalized spacial score (nSPS) is 9.12. The first-order valence-corrected chi connectivity index (χ1v) is 2.39. The quantitative estimate of drug-likeness (QED) is 0.317. The average molecular weight is 119 g/mol. The third-order valence-electron chi connectivity index (χ3n) is 0.629. The summed E-state index contributed by atoms with van der Waals surface area (Å²) >= 11 is 0. The molecule has 0 heterocycles. The number of ether oxygens (including phenoxy) is 1. The van der Waals surface area contributed by atoms with Gasteiger partial charge >= 0.3 is 0 Å². The minimum absolute atomic E-state index is 0.264.